The summed E-state index contributed by atoms with van der Waals surface area (Å²) in [6, 6.07) is 7.60. The smallest absolute Gasteiger partial charge is 0.304 e. The molecular weight excluding hydrogens is 312 g/mol. The predicted octanol–water partition coefficient (Wildman–Crippen LogP) is 2.82. The van der Waals surface area contributed by atoms with Crippen LogP contribution in [0, 0.1) is 12.3 Å². The number of thiazole rings is 1. The summed E-state index contributed by atoms with van der Waals surface area (Å²) in [5.74, 6) is 2.54. The number of benzene rings is 1. The highest BCUT2D eigenvalue weighted by Crippen LogP contribution is 2.28. The lowest BCUT2D eigenvalue weighted by Crippen LogP contribution is -2.31. The summed E-state index contributed by atoms with van der Waals surface area (Å²) < 4.78 is 10.2. The fourth-order valence-corrected chi connectivity index (χ4v) is 2.87. The molecule has 1 aromatic heterocycles. The number of amides is 1. The predicted molar refractivity (Wildman–Crippen MR) is 91.8 cm³/mol. The van der Waals surface area contributed by atoms with Crippen molar-refractivity contribution in [1.29, 1.82) is 0 Å². The van der Waals surface area contributed by atoms with E-state index in [9.17, 15) is 4.79 Å². The van der Waals surface area contributed by atoms with Crippen molar-refractivity contribution in [3.8, 4) is 29.4 Å². The van der Waals surface area contributed by atoms with E-state index >= 15 is 0 Å². The van der Waals surface area contributed by atoms with E-state index in [1.165, 1.54) is 16.2 Å². The molecule has 0 radical (unpaired) electrons. The van der Waals surface area contributed by atoms with E-state index in [2.05, 4.69) is 10.9 Å². The van der Waals surface area contributed by atoms with Crippen molar-refractivity contribution in [2.75, 3.05) is 32.3 Å². The van der Waals surface area contributed by atoms with Crippen molar-refractivity contribution in [1.82, 2.24) is 4.98 Å². The molecular formula is C17H18N2O3S. The second-order valence-corrected chi connectivity index (χ2v) is 5.53. The van der Waals surface area contributed by atoms with Crippen LogP contribution in [-0.2, 0) is 9.53 Å². The molecule has 2 aromatic rings. The molecule has 0 unspecified atom stereocenters. The normalized spacial score (nSPS) is 10.1. The molecule has 0 atom stereocenters. The molecule has 1 heterocycles. The van der Waals surface area contributed by atoms with Gasteiger partial charge in [0.15, 0.2) is 5.13 Å². The number of nitrogens with zero attached hydrogens (tertiary/aromatic N) is 2. The van der Waals surface area contributed by atoms with Crippen LogP contribution in [0.2, 0.25) is 0 Å². The fraction of sp³-hybridized carbons (Fsp3) is 0.294. The first-order valence-electron chi connectivity index (χ1n) is 7.06. The second kappa shape index (κ2) is 8.32. The van der Waals surface area contributed by atoms with Gasteiger partial charge in [0.1, 0.15) is 5.75 Å². The van der Waals surface area contributed by atoms with Crippen LogP contribution in [0.3, 0.4) is 0 Å². The number of rotatable bonds is 7. The third-order valence-electron chi connectivity index (χ3n) is 3.21. The molecule has 0 N–H and O–H groups in total. The SMILES string of the molecule is C#CC(=O)N(CCCOC)c1nc(-c2ccc(OC)cc2)cs1. The highest BCUT2D eigenvalue weighted by atomic mass is 32.1. The number of methoxy groups -OCH3 is 2. The molecule has 6 heteroatoms. The fourth-order valence-electron chi connectivity index (χ4n) is 2.01. The van der Waals surface area contributed by atoms with E-state index in [1.54, 1.807) is 14.2 Å². The summed E-state index contributed by atoms with van der Waals surface area (Å²) in [5.41, 5.74) is 1.76. The molecule has 23 heavy (non-hydrogen) atoms. The van der Waals surface area contributed by atoms with Crippen LogP contribution < -0.4 is 9.64 Å². The topological polar surface area (TPSA) is 51.7 Å². The maximum atomic E-state index is 11.9. The zero-order valence-electron chi connectivity index (χ0n) is 13.1. The van der Waals surface area contributed by atoms with Gasteiger partial charge < -0.3 is 9.47 Å². The van der Waals surface area contributed by atoms with Crippen molar-refractivity contribution in [3.05, 3.63) is 29.6 Å². The number of hydrogen-bond acceptors (Lipinski definition) is 5. The van der Waals surface area contributed by atoms with Crippen molar-refractivity contribution >= 4 is 22.4 Å². The number of carbonyl (C=O) groups excluding carboxylic acids is 1. The lowest BCUT2D eigenvalue weighted by Gasteiger charge is -2.16. The molecule has 120 valence electrons. The van der Waals surface area contributed by atoms with E-state index in [-0.39, 0.29) is 0 Å². The first-order chi connectivity index (χ1) is 11.2. The minimum Gasteiger partial charge on any atom is -0.497 e. The summed E-state index contributed by atoms with van der Waals surface area (Å²) in [7, 11) is 3.25. The summed E-state index contributed by atoms with van der Waals surface area (Å²) >= 11 is 1.39. The van der Waals surface area contributed by atoms with Gasteiger partial charge in [-0.15, -0.1) is 17.8 Å². The van der Waals surface area contributed by atoms with Crippen LogP contribution in [0.4, 0.5) is 5.13 Å². The third kappa shape index (κ3) is 4.31. The number of carbonyl (C=O) groups is 1. The van der Waals surface area contributed by atoms with Gasteiger partial charge in [-0.05, 0) is 36.6 Å². The van der Waals surface area contributed by atoms with Crippen LogP contribution in [0.5, 0.6) is 5.75 Å². The number of hydrogen-bond donors (Lipinski definition) is 0. The molecule has 0 bridgehead atoms. The van der Waals surface area contributed by atoms with Crippen molar-refractivity contribution in [2.45, 2.75) is 6.42 Å². The van der Waals surface area contributed by atoms with Gasteiger partial charge in [-0.2, -0.15) is 0 Å². The monoisotopic (exact) mass is 330 g/mol. The maximum Gasteiger partial charge on any atom is 0.304 e. The van der Waals surface area contributed by atoms with E-state index in [1.807, 2.05) is 29.6 Å². The van der Waals surface area contributed by atoms with Gasteiger partial charge >= 0.3 is 5.91 Å². The van der Waals surface area contributed by atoms with E-state index < -0.39 is 5.91 Å². The van der Waals surface area contributed by atoms with E-state index in [0.29, 0.717) is 24.7 Å². The number of ether oxygens (including phenoxy) is 2. The van der Waals surface area contributed by atoms with Gasteiger partial charge in [0.2, 0.25) is 0 Å². The Morgan fingerprint density at radius 3 is 2.70 bits per heavy atom. The van der Waals surface area contributed by atoms with Gasteiger partial charge in [-0.3, -0.25) is 9.69 Å². The van der Waals surface area contributed by atoms with Crippen molar-refractivity contribution in [3.63, 3.8) is 0 Å². The molecule has 0 aliphatic heterocycles. The zero-order chi connectivity index (χ0) is 16.7. The van der Waals surface area contributed by atoms with Crippen molar-refractivity contribution < 1.29 is 14.3 Å². The standard InChI is InChI=1S/C17H18N2O3S/c1-4-16(20)19(10-5-11-21-2)17-18-15(12-23-17)13-6-8-14(22-3)9-7-13/h1,6-9,12H,5,10-11H2,2-3H3. The Kier molecular flexibility index (Phi) is 6.15. The Morgan fingerprint density at radius 2 is 2.09 bits per heavy atom. The molecule has 1 aromatic carbocycles. The van der Waals surface area contributed by atoms with Gasteiger partial charge in [0.05, 0.1) is 12.8 Å². The summed E-state index contributed by atoms with van der Waals surface area (Å²) in [6.45, 7) is 1.04. The number of terminal acetylenes is 1. The maximum absolute atomic E-state index is 11.9. The molecule has 0 fully saturated rings. The first kappa shape index (κ1) is 17.0. The third-order valence-corrected chi connectivity index (χ3v) is 4.07. The first-order valence-corrected chi connectivity index (χ1v) is 7.94. The van der Waals surface area contributed by atoms with Crippen LogP contribution in [-0.4, -0.2) is 38.3 Å². The van der Waals surface area contributed by atoms with E-state index in [4.69, 9.17) is 15.9 Å². The second-order valence-electron chi connectivity index (χ2n) is 4.69. The average Bonchev–Trinajstić information content (AvgIpc) is 3.08. The highest BCUT2D eigenvalue weighted by Gasteiger charge is 2.17. The largest absolute Gasteiger partial charge is 0.497 e. The number of anilines is 1. The highest BCUT2D eigenvalue weighted by molar-refractivity contribution is 7.14. The lowest BCUT2D eigenvalue weighted by atomic mass is 10.2. The molecule has 0 aliphatic carbocycles. The summed E-state index contributed by atoms with van der Waals surface area (Å²) in [5, 5.41) is 2.50. The Balaban J connectivity index is 2.19. The Bertz CT molecular complexity index is 689. The van der Waals surface area contributed by atoms with Gasteiger partial charge in [0, 0.05) is 31.2 Å². The Labute approximate surface area is 139 Å². The summed E-state index contributed by atoms with van der Waals surface area (Å²) in [4.78, 5) is 18.0. The van der Waals surface area contributed by atoms with E-state index in [0.717, 1.165) is 17.0 Å². The van der Waals surface area contributed by atoms with Crippen molar-refractivity contribution in [2.24, 2.45) is 0 Å². The van der Waals surface area contributed by atoms with Crippen LogP contribution in [0.25, 0.3) is 11.3 Å². The van der Waals surface area contributed by atoms with Gasteiger partial charge in [0.25, 0.3) is 0 Å². The van der Waals surface area contributed by atoms with Crippen LogP contribution >= 0.6 is 11.3 Å². The molecule has 0 spiro atoms. The minimum absolute atomic E-state index is 0.392. The number of aromatic nitrogens is 1. The quantitative estimate of drug-likeness (QED) is 0.579. The Morgan fingerprint density at radius 1 is 1.35 bits per heavy atom. The average molecular weight is 330 g/mol. The molecule has 0 saturated carbocycles. The molecule has 0 saturated heterocycles. The summed E-state index contributed by atoms with van der Waals surface area (Å²) in [6.07, 6.45) is 5.95. The van der Waals surface area contributed by atoms with Gasteiger partial charge in [-0.1, -0.05) is 0 Å². The minimum atomic E-state index is -0.392. The van der Waals surface area contributed by atoms with Crippen LogP contribution in [0.1, 0.15) is 6.42 Å². The Hall–Kier alpha value is -2.36. The molecule has 2 rings (SSSR count). The molecule has 1 amide bonds. The zero-order valence-corrected chi connectivity index (χ0v) is 13.9. The molecule has 0 aliphatic rings. The lowest BCUT2D eigenvalue weighted by molar-refractivity contribution is -0.113. The van der Waals surface area contributed by atoms with Gasteiger partial charge in [-0.25, -0.2) is 4.98 Å². The molecule has 5 nitrogen and oxygen atoms in total. The van der Waals surface area contributed by atoms with Crippen LogP contribution in [0.15, 0.2) is 29.6 Å².